The van der Waals surface area contributed by atoms with E-state index in [9.17, 15) is 22.6 Å². The number of benzene rings is 3. The molecule has 0 radical (unpaired) electrons. The number of carbonyl (C=O) groups is 2. The predicted octanol–water partition coefficient (Wildman–Crippen LogP) is 3.11. The SMILES string of the molecule is Cc1ccccc1Nc1cc(S(=O)(=O)O)cc2c1C(=O)c1ccccc1C2=O.[NaH]. The molecular weight excluding hydrogens is 401 g/mol. The monoisotopic (exact) mass is 417 g/mol. The van der Waals surface area contributed by atoms with E-state index in [4.69, 9.17) is 0 Å². The molecular formula is C21H16NNaO5S. The molecule has 3 aromatic rings. The summed E-state index contributed by atoms with van der Waals surface area (Å²) < 4.78 is 33.0. The molecule has 142 valence electrons. The van der Waals surface area contributed by atoms with Gasteiger partial charge in [-0.15, -0.1) is 0 Å². The molecule has 1 aliphatic carbocycles. The summed E-state index contributed by atoms with van der Waals surface area (Å²) in [6.45, 7) is 1.85. The van der Waals surface area contributed by atoms with Crippen LogP contribution in [-0.2, 0) is 10.1 Å². The van der Waals surface area contributed by atoms with Crippen LogP contribution in [0.5, 0.6) is 0 Å². The molecule has 0 saturated heterocycles. The number of para-hydroxylation sites is 1. The van der Waals surface area contributed by atoms with Crippen LogP contribution in [0.2, 0.25) is 0 Å². The summed E-state index contributed by atoms with van der Waals surface area (Å²) in [6.07, 6.45) is 0. The van der Waals surface area contributed by atoms with Crippen molar-refractivity contribution in [2.24, 2.45) is 0 Å². The van der Waals surface area contributed by atoms with Crippen molar-refractivity contribution in [1.29, 1.82) is 0 Å². The average molecular weight is 417 g/mol. The van der Waals surface area contributed by atoms with Gasteiger partial charge in [-0.25, -0.2) is 0 Å². The molecule has 0 amide bonds. The van der Waals surface area contributed by atoms with Gasteiger partial charge in [-0.2, -0.15) is 8.42 Å². The van der Waals surface area contributed by atoms with E-state index in [0.717, 1.165) is 11.6 Å². The Morgan fingerprint density at radius 3 is 2.00 bits per heavy atom. The molecule has 0 aliphatic heterocycles. The Bertz CT molecular complexity index is 1270. The molecule has 0 heterocycles. The van der Waals surface area contributed by atoms with Gasteiger partial charge in [0.25, 0.3) is 10.1 Å². The molecule has 0 atom stereocenters. The summed E-state index contributed by atoms with van der Waals surface area (Å²) in [5, 5.41) is 3.05. The van der Waals surface area contributed by atoms with Crippen molar-refractivity contribution >= 4 is 62.6 Å². The van der Waals surface area contributed by atoms with Crippen molar-refractivity contribution < 1.29 is 22.6 Å². The predicted molar refractivity (Wildman–Crippen MR) is 111 cm³/mol. The van der Waals surface area contributed by atoms with Crippen LogP contribution in [0, 0.1) is 6.92 Å². The number of aryl methyl sites for hydroxylation is 1. The molecule has 29 heavy (non-hydrogen) atoms. The maximum atomic E-state index is 13.1. The quantitative estimate of drug-likeness (QED) is 0.392. The molecule has 6 nitrogen and oxygen atoms in total. The molecule has 0 fully saturated rings. The molecule has 0 bridgehead atoms. The first-order valence-corrected chi connectivity index (χ1v) is 9.88. The zero-order valence-corrected chi connectivity index (χ0v) is 15.6. The van der Waals surface area contributed by atoms with E-state index >= 15 is 0 Å². The number of fused-ring (bicyclic) bond motifs is 2. The van der Waals surface area contributed by atoms with Crippen LogP contribution < -0.4 is 5.32 Å². The summed E-state index contributed by atoms with van der Waals surface area (Å²) in [4.78, 5) is 25.6. The summed E-state index contributed by atoms with van der Waals surface area (Å²) in [7, 11) is -4.58. The van der Waals surface area contributed by atoms with Gasteiger partial charge < -0.3 is 5.32 Å². The molecule has 2 N–H and O–H groups in total. The van der Waals surface area contributed by atoms with Gasteiger partial charge in [0.15, 0.2) is 11.6 Å². The molecule has 8 heteroatoms. The number of rotatable bonds is 3. The standard InChI is InChI=1S/C21H15NO5S.Na.H/c1-12-6-2-5-9-17(12)22-18-11-13(28(25,26)27)10-16-19(18)21(24)15-8-4-3-7-14(15)20(16)23;;/h2-11,22H,1H3,(H,25,26,27);;. The van der Waals surface area contributed by atoms with E-state index in [1.807, 2.05) is 19.1 Å². The van der Waals surface area contributed by atoms with Crippen molar-refractivity contribution in [2.45, 2.75) is 11.8 Å². The normalized spacial score (nSPS) is 12.6. The topological polar surface area (TPSA) is 101 Å². The average Bonchev–Trinajstić information content (AvgIpc) is 2.66. The van der Waals surface area contributed by atoms with Crippen molar-refractivity contribution in [3.05, 3.63) is 88.5 Å². The zero-order valence-electron chi connectivity index (χ0n) is 14.8. The van der Waals surface area contributed by atoms with Gasteiger partial charge in [-0.3, -0.25) is 14.1 Å². The second-order valence-corrected chi connectivity index (χ2v) is 7.93. The minimum absolute atomic E-state index is 0. The Hall–Kier alpha value is -2.29. The zero-order chi connectivity index (χ0) is 20.1. The summed E-state index contributed by atoms with van der Waals surface area (Å²) >= 11 is 0. The number of hydrogen-bond acceptors (Lipinski definition) is 5. The van der Waals surface area contributed by atoms with Crippen molar-refractivity contribution in [1.82, 2.24) is 0 Å². The molecule has 0 saturated carbocycles. The number of nitrogens with one attached hydrogen (secondary N) is 1. The van der Waals surface area contributed by atoms with Gasteiger partial charge in [0.2, 0.25) is 0 Å². The van der Waals surface area contributed by atoms with Crippen LogP contribution in [0.15, 0.2) is 65.6 Å². The van der Waals surface area contributed by atoms with Gasteiger partial charge in [-0.05, 0) is 30.7 Å². The molecule has 0 aromatic heterocycles. The minimum atomic E-state index is -4.58. The van der Waals surface area contributed by atoms with Gasteiger partial charge in [0, 0.05) is 22.4 Å². The third-order valence-electron chi connectivity index (χ3n) is 4.71. The summed E-state index contributed by atoms with van der Waals surface area (Å²) in [5.41, 5.74) is 2.14. The van der Waals surface area contributed by atoms with Crippen molar-refractivity contribution in [3.8, 4) is 0 Å². The van der Waals surface area contributed by atoms with E-state index in [1.54, 1.807) is 30.3 Å². The van der Waals surface area contributed by atoms with Gasteiger partial charge >= 0.3 is 29.6 Å². The Morgan fingerprint density at radius 1 is 0.793 bits per heavy atom. The Morgan fingerprint density at radius 2 is 1.38 bits per heavy atom. The molecule has 4 rings (SSSR count). The van der Waals surface area contributed by atoms with E-state index in [-0.39, 0.29) is 63.3 Å². The second kappa shape index (κ2) is 7.85. The first-order valence-electron chi connectivity index (χ1n) is 8.44. The fraction of sp³-hybridized carbons (Fsp3) is 0.0476. The molecule has 0 unspecified atom stereocenters. The first kappa shape index (κ1) is 21.4. The fourth-order valence-electron chi connectivity index (χ4n) is 3.30. The van der Waals surface area contributed by atoms with E-state index < -0.39 is 20.8 Å². The van der Waals surface area contributed by atoms with Crippen LogP contribution in [0.4, 0.5) is 11.4 Å². The third-order valence-corrected chi connectivity index (χ3v) is 5.54. The van der Waals surface area contributed by atoms with Gasteiger partial charge in [0.1, 0.15) is 0 Å². The van der Waals surface area contributed by atoms with Crippen LogP contribution in [0.1, 0.15) is 37.4 Å². The van der Waals surface area contributed by atoms with Crippen LogP contribution in [0.3, 0.4) is 0 Å². The van der Waals surface area contributed by atoms with Crippen molar-refractivity contribution in [3.63, 3.8) is 0 Å². The van der Waals surface area contributed by atoms with Crippen LogP contribution in [-0.4, -0.2) is 54.1 Å². The number of ketones is 2. The van der Waals surface area contributed by atoms with Crippen molar-refractivity contribution in [2.75, 3.05) is 5.32 Å². The summed E-state index contributed by atoms with van der Waals surface area (Å²) in [5.74, 6) is -0.855. The van der Waals surface area contributed by atoms with E-state index in [0.29, 0.717) is 5.69 Å². The van der Waals surface area contributed by atoms with Gasteiger partial charge in [0.05, 0.1) is 16.1 Å². The van der Waals surface area contributed by atoms with Crippen LogP contribution in [0.25, 0.3) is 0 Å². The van der Waals surface area contributed by atoms with Gasteiger partial charge in [-0.1, -0.05) is 42.5 Å². The number of hydrogen-bond donors (Lipinski definition) is 2. The molecule has 3 aromatic carbocycles. The molecule has 1 aliphatic rings. The Kier molecular flexibility index (Phi) is 5.80. The first-order chi connectivity index (χ1) is 13.3. The fourth-order valence-corrected chi connectivity index (χ4v) is 3.84. The van der Waals surface area contributed by atoms with Crippen LogP contribution >= 0.6 is 0 Å². The number of anilines is 2. The Balaban J connectivity index is 0.00000240. The number of carbonyl (C=O) groups excluding carboxylic acids is 2. The molecule has 0 spiro atoms. The van der Waals surface area contributed by atoms with E-state index in [1.165, 1.54) is 12.1 Å². The maximum absolute atomic E-state index is 13.1. The second-order valence-electron chi connectivity index (χ2n) is 6.51. The summed E-state index contributed by atoms with van der Waals surface area (Å²) in [6, 6.07) is 15.8. The third kappa shape index (κ3) is 3.80. The van der Waals surface area contributed by atoms with E-state index in [2.05, 4.69) is 5.32 Å². The Labute approximate surface area is 190 Å².